The Hall–Kier alpha value is 0.350. The summed E-state index contributed by atoms with van der Waals surface area (Å²) >= 11 is 2.11. The molecule has 1 heterocycles. The van der Waals surface area contributed by atoms with Crippen molar-refractivity contribution in [1.82, 2.24) is 0 Å². The van der Waals surface area contributed by atoms with E-state index in [2.05, 4.69) is 25.6 Å². The minimum Gasteiger partial charge on any atom is -0.159 e. The number of thioether (sulfide) groups is 1. The lowest BCUT2D eigenvalue weighted by molar-refractivity contribution is 0.590. The van der Waals surface area contributed by atoms with Gasteiger partial charge >= 0.3 is 0 Å². The predicted octanol–water partition coefficient (Wildman–Crippen LogP) is 2.15. The molecule has 0 aliphatic carbocycles. The summed E-state index contributed by atoms with van der Waals surface area (Å²) in [4.78, 5) is 0. The van der Waals surface area contributed by atoms with Gasteiger partial charge in [-0.2, -0.15) is 11.8 Å². The molecule has 7 heavy (non-hydrogen) atoms. The van der Waals surface area contributed by atoms with Crippen LogP contribution < -0.4 is 0 Å². The second kappa shape index (κ2) is 2.08. The van der Waals surface area contributed by atoms with Gasteiger partial charge in [0.05, 0.1) is 0 Å². The summed E-state index contributed by atoms with van der Waals surface area (Å²) < 4.78 is 0. The molecule has 42 valence electrons. The van der Waals surface area contributed by atoms with E-state index in [0.29, 0.717) is 0 Å². The highest BCUT2D eigenvalue weighted by atomic mass is 32.2. The highest BCUT2D eigenvalue weighted by molar-refractivity contribution is 8.00. The Balaban J connectivity index is 2.33. The Labute approximate surface area is 49.7 Å². The predicted molar refractivity (Wildman–Crippen MR) is 35.7 cm³/mol. The molecular weight excluding hydrogens is 104 g/mol. The monoisotopic (exact) mass is 116 g/mol. The van der Waals surface area contributed by atoms with Crippen molar-refractivity contribution in [3.8, 4) is 0 Å². The Bertz CT molecular complexity index is 53.2. The average molecular weight is 116 g/mol. The number of hydrogen-bond acceptors (Lipinski definition) is 1. The molecular formula is C6H12S. The molecule has 0 aromatic carbocycles. The molecule has 1 fully saturated rings. The van der Waals surface area contributed by atoms with E-state index in [1.54, 1.807) is 0 Å². The molecule has 1 aliphatic rings. The lowest BCUT2D eigenvalue weighted by Gasteiger charge is -2.04. The molecule has 1 rings (SSSR count). The largest absolute Gasteiger partial charge is 0.159 e. The fourth-order valence-corrected chi connectivity index (χ4v) is 2.18. The van der Waals surface area contributed by atoms with Gasteiger partial charge in [0.15, 0.2) is 0 Å². The zero-order valence-corrected chi connectivity index (χ0v) is 5.79. The van der Waals surface area contributed by atoms with Crippen LogP contribution in [-0.2, 0) is 0 Å². The second-order valence-electron chi connectivity index (χ2n) is 2.34. The SMILES string of the molecule is CC1SCC[C@@H]1C. The molecule has 1 heteroatoms. The summed E-state index contributed by atoms with van der Waals surface area (Å²) in [7, 11) is 0. The zero-order valence-electron chi connectivity index (χ0n) is 4.98. The van der Waals surface area contributed by atoms with E-state index in [0.717, 1.165) is 11.2 Å². The lowest BCUT2D eigenvalue weighted by Crippen LogP contribution is -2.00. The summed E-state index contributed by atoms with van der Waals surface area (Å²) in [5, 5.41) is 0.931. The van der Waals surface area contributed by atoms with Gasteiger partial charge in [-0.1, -0.05) is 13.8 Å². The maximum absolute atomic E-state index is 2.34. The van der Waals surface area contributed by atoms with E-state index < -0.39 is 0 Å². The molecule has 0 aromatic heterocycles. The first-order chi connectivity index (χ1) is 3.30. The van der Waals surface area contributed by atoms with Gasteiger partial charge in [-0.05, 0) is 18.1 Å². The molecule has 0 nitrogen and oxygen atoms in total. The van der Waals surface area contributed by atoms with Crippen molar-refractivity contribution >= 4 is 11.8 Å². The Morgan fingerprint density at radius 2 is 2.14 bits per heavy atom. The quantitative estimate of drug-likeness (QED) is 0.467. The third-order valence-corrected chi connectivity index (χ3v) is 3.22. The van der Waals surface area contributed by atoms with Crippen LogP contribution in [0.15, 0.2) is 0 Å². The maximum Gasteiger partial charge on any atom is 0.00446 e. The van der Waals surface area contributed by atoms with Crippen LogP contribution in [0.2, 0.25) is 0 Å². The standard InChI is InChI=1S/C6H12S/c1-5-3-4-7-6(5)2/h5-6H,3-4H2,1-2H3/t5-,6?/m0/s1. The first-order valence-electron chi connectivity index (χ1n) is 2.92. The molecule has 0 bridgehead atoms. The highest BCUT2D eigenvalue weighted by Crippen LogP contribution is 2.30. The first-order valence-corrected chi connectivity index (χ1v) is 3.97. The zero-order chi connectivity index (χ0) is 5.28. The fourth-order valence-electron chi connectivity index (χ4n) is 0.839. The van der Waals surface area contributed by atoms with E-state index in [9.17, 15) is 0 Å². The van der Waals surface area contributed by atoms with Gasteiger partial charge in [-0.25, -0.2) is 0 Å². The smallest absolute Gasteiger partial charge is 0.00446 e. The molecule has 0 spiro atoms. The van der Waals surface area contributed by atoms with E-state index in [1.165, 1.54) is 12.2 Å². The number of hydrogen-bond donors (Lipinski definition) is 0. The van der Waals surface area contributed by atoms with E-state index >= 15 is 0 Å². The van der Waals surface area contributed by atoms with Crippen LogP contribution >= 0.6 is 11.8 Å². The van der Waals surface area contributed by atoms with Crippen molar-refractivity contribution in [2.75, 3.05) is 5.75 Å². The molecule has 0 N–H and O–H groups in total. The van der Waals surface area contributed by atoms with Crippen LogP contribution in [0.5, 0.6) is 0 Å². The fraction of sp³-hybridized carbons (Fsp3) is 1.00. The minimum absolute atomic E-state index is 0.931. The van der Waals surface area contributed by atoms with Crippen LogP contribution in [0.1, 0.15) is 20.3 Å². The molecule has 1 saturated heterocycles. The molecule has 0 saturated carbocycles. The maximum atomic E-state index is 2.34. The summed E-state index contributed by atoms with van der Waals surface area (Å²) in [5.41, 5.74) is 0. The van der Waals surface area contributed by atoms with E-state index in [-0.39, 0.29) is 0 Å². The van der Waals surface area contributed by atoms with Crippen molar-refractivity contribution in [2.24, 2.45) is 5.92 Å². The van der Waals surface area contributed by atoms with Crippen LogP contribution in [0, 0.1) is 5.92 Å². The Morgan fingerprint density at radius 3 is 2.29 bits per heavy atom. The Kier molecular flexibility index (Phi) is 1.63. The van der Waals surface area contributed by atoms with Crippen LogP contribution in [0.3, 0.4) is 0 Å². The lowest BCUT2D eigenvalue weighted by atomic mass is 10.1. The average Bonchev–Trinajstić information content (AvgIpc) is 1.91. The number of rotatable bonds is 0. The first kappa shape index (κ1) is 5.49. The van der Waals surface area contributed by atoms with Gasteiger partial charge in [-0.15, -0.1) is 0 Å². The summed E-state index contributed by atoms with van der Waals surface area (Å²) in [6.45, 7) is 4.66. The second-order valence-corrected chi connectivity index (χ2v) is 3.83. The van der Waals surface area contributed by atoms with Crippen LogP contribution in [0.25, 0.3) is 0 Å². The van der Waals surface area contributed by atoms with Crippen molar-refractivity contribution in [3.05, 3.63) is 0 Å². The van der Waals surface area contributed by atoms with Crippen LogP contribution in [-0.4, -0.2) is 11.0 Å². The molecule has 1 unspecified atom stereocenters. The highest BCUT2D eigenvalue weighted by Gasteiger charge is 2.18. The van der Waals surface area contributed by atoms with Crippen molar-refractivity contribution in [2.45, 2.75) is 25.5 Å². The summed E-state index contributed by atoms with van der Waals surface area (Å²) in [6, 6.07) is 0. The van der Waals surface area contributed by atoms with E-state index in [4.69, 9.17) is 0 Å². The third-order valence-electron chi connectivity index (χ3n) is 1.76. The summed E-state index contributed by atoms with van der Waals surface area (Å²) in [6.07, 6.45) is 1.44. The molecule has 2 atom stereocenters. The molecule has 0 radical (unpaired) electrons. The normalized spacial score (nSPS) is 42.0. The summed E-state index contributed by atoms with van der Waals surface area (Å²) in [5.74, 6) is 2.37. The van der Waals surface area contributed by atoms with Gasteiger partial charge < -0.3 is 0 Å². The topological polar surface area (TPSA) is 0 Å². The molecule has 0 amide bonds. The van der Waals surface area contributed by atoms with Gasteiger partial charge in [0.2, 0.25) is 0 Å². The van der Waals surface area contributed by atoms with Crippen molar-refractivity contribution in [3.63, 3.8) is 0 Å². The van der Waals surface area contributed by atoms with E-state index in [1.807, 2.05) is 0 Å². The van der Waals surface area contributed by atoms with Crippen molar-refractivity contribution < 1.29 is 0 Å². The van der Waals surface area contributed by atoms with Crippen LogP contribution in [0.4, 0.5) is 0 Å². The molecule has 0 aromatic rings. The van der Waals surface area contributed by atoms with Gasteiger partial charge in [-0.3, -0.25) is 0 Å². The van der Waals surface area contributed by atoms with Crippen molar-refractivity contribution in [1.29, 1.82) is 0 Å². The third kappa shape index (κ3) is 1.12. The van der Waals surface area contributed by atoms with Gasteiger partial charge in [0.25, 0.3) is 0 Å². The Morgan fingerprint density at radius 1 is 1.43 bits per heavy atom. The minimum atomic E-state index is 0.931. The molecule has 1 aliphatic heterocycles. The van der Waals surface area contributed by atoms with Gasteiger partial charge in [0.1, 0.15) is 0 Å². The van der Waals surface area contributed by atoms with Gasteiger partial charge in [0, 0.05) is 5.25 Å².